The van der Waals surface area contributed by atoms with E-state index in [1.54, 1.807) is 6.20 Å². The number of hydrogen-bond donors (Lipinski definition) is 2. The molecule has 1 rings (SSSR count). The normalized spacial score (nSPS) is 11.6. The number of unbranched alkanes of at least 4 members (excludes halogenated alkanes) is 1. The third kappa shape index (κ3) is 4.42. The Morgan fingerprint density at radius 3 is 2.78 bits per heavy atom. The lowest BCUT2D eigenvalue weighted by atomic mass is 10.1. The lowest BCUT2D eigenvalue weighted by molar-refractivity contribution is 0.536. The highest BCUT2D eigenvalue weighted by atomic mass is 79.9. The van der Waals surface area contributed by atoms with Crippen LogP contribution in [0.1, 0.15) is 33.6 Å². The first-order valence-corrected chi connectivity index (χ1v) is 6.93. The van der Waals surface area contributed by atoms with Gasteiger partial charge in [-0.1, -0.05) is 13.3 Å². The molecule has 3 N–H and O–H groups in total. The monoisotopic (exact) mass is 316 g/mol. The van der Waals surface area contributed by atoms with Crippen molar-refractivity contribution in [2.45, 2.75) is 45.7 Å². The molecule has 0 bridgehead atoms. The number of halogens is 1. The topological polar surface area (TPSA) is 72.9 Å². The summed E-state index contributed by atoms with van der Waals surface area (Å²) in [5, 5.41) is 7.28. The summed E-state index contributed by atoms with van der Waals surface area (Å²) in [7, 11) is 0. The van der Waals surface area contributed by atoms with Crippen LogP contribution in [0.5, 0.6) is 0 Å². The zero-order chi connectivity index (χ0) is 13.8. The summed E-state index contributed by atoms with van der Waals surface area (Å²) in [5.41, 5.74) is 6.13. The summed E-state index contributed by atoms with van der Waals surface area (Å²) >= 11 is 3.31. The number of nitrogens with zero attached hydrogens (tertiary/aromatic N) is 2. The van der Waals surface area contributed by atoms with Crippen LogP contribution in [-0.4, -0.2) is 21.9 Å². The second kappa shape index (κ2) is 6.33. The lowest BCUT2D eigenvalue weighted by Crippen LogP contribution is -2.40. The van der Waals surface area contributed by atoms with Crippen molar-refractivity contribution in [3.8, 4) is 0 Å². The van der Waals surface area contributed by atoms with Gasteiger partial charge in [0, 0.05) is 18.6 Å². The molecule has 0 aliphatic rings. The van der Waals surface area contributed by atoms with E-state index in [2.05, 4.69) is 33.3 Å². The summed E-state index contributed by atoms with van der Waals surface area (Å²) in [6.07, 6.45) is 3.64. The molecule has 0 aliphatic carbocycles. The summed E-state index contributed by atoms with van der Waals surface area (Å²) in [4.78, 5) is 12.0. The number of anilines is 1. The van der Waals surface area contributed by atoms with Crippen LogP contribution in [0.2, 0.25) is 0 Å². The Labute approximate surface area is 116 Å². The van der Waals surface area contributed by atoms with E-state index in [-0.39, 0.29) is 11.1 Å². The Balaban J connectivity index is 2.84. The fourth-order valence-electron chi connectivity index (χ4n) is 1.38. The van der Waals surface area contributed by atoms with Crippen LogP contribution in [-0.2, 0) is 6.54 Å². The van der Waals surface area contributed by atoms with Crippen molar-refractivity contribution in [3.63, 3.8) is 0 Å². The molecular weight excluding hydrogens is 296 g/mol. The Hall–Kier alpha value is -0.880. The van der Waals surface area contributed by atoms with Crippen LogP contribution < -0.4 is 16.6 Å². The molecule has 1 heterocycles. The molecule has 0 amide bonds. The maximum atomic E-state index is 12.0. The van der Waals surface area contributed by atoms with Gasteiger partial charge in [-0.3, -0.25) is 4.79 Å². The van der Waals surface area contributed by atoms with Gasteiger partial charge >= 0.3 is 0 Å². The van der Waals surface area contributed by atoms with Crippen molar-refractivity contribution < 1.29 is 0 Å². The van der Waals surface area contributed by atoms with Gasteiger partial charge in [0.05, 0.1) is 11.9 Å². The second-order valence-corrected chi connectivity index (χ2v) is 5.89. The zero-order valence-electron chi connectivity index (χ0n) is 11.2. The minimum atomic E-state index is -0.337. The SMILES string of the molecule is CCCCn1ncc(NCC(C)(C)N)c(Br)c1=O. The van der Waals surface area contributed by atoms with Crippen LogP contribution in [0.15, 0.2) is 15.5 Å². The quantitative estimate of drug-likeness (QED) is 0.841. The number of aromatic nitrogens is 2. The molecule has 0 aliphatic heterocycles. The smallest absolute Gasteiger partial charge is 0.283 e. The number of rotatable bonds is 6. The molecule has 102 valence electrons. The molecule has 0 spiro atoms. The Kier molecular flexibility index (Phi) is 5.34. The van der Waals surface area contributed by atoms with Crippen LogP contribution >= 0.6 is 15.9 Å². The average Bonchev–Trinajstić information content (AvgIpc) is 2.28. The van der Waals surface area contributed by atoms with Crippen molar-refractivity contribution in [1.29, 1.82) is 0 Å². The van der Waals surface area contributed by atoms with E-state index >= 15 is 0 Å². The first-order valence-electron chi connectivity index (χ1n) is 6.13. The molecule has 18 heavy (non-hydrogen) atoms. The highest BCUT2D eigenvalue weighted by molar-refractivity contribution is 9.10. The highest BCUT2D eigenvalue weighted by Gasteiger charge is 2.13. The van der Waals surface area contributed by atoms with E-state index in [9.17, 15) is 4.79 Å². The van der Waals surface area contributed by atoms with Gasteiger partial charge in [-0.05, 0) is 36.2 Å². The number of nitrogens with two attached hydrogens (primary N) is 1. The summed E-state index contributed by atoms with van der Waals surface area (Å²) in [5.74, 6) is 0. The van der Waals surface area contributed by atoms with E-state index in [1.807, 2.05) is 13.8 Å². The Morgan fingerprint density at radius 1 is 1.56 bits per heavy atom. The van der Waals surface area contributed by atoms with Gasteiger partial charge in [-0.2, -0.15) is 5.10 Å². The molecule has 0 fully saturated rings. The molecule has 0 unspecified atom stereocenters. The van der Waals surface area contributed by atoms with Crippen LogP contribution in [0, 0.1) is 0 Å². The maximum absolute atomic E-state index is 12.0. The molecule has 0 radical (unpaired) electrons. The fourth-order valence-corrected chi connectivity index (χ4v) is 1.83. The fraction of sp³-hybridized carbons (Fsp3) is 0.667. The Bertz CT molecular complexity index is 450. The molecule has 5 nitrogen and oxygen atoms in total. The van der Waals surface area contributed by atoms with E-state index < -0.39 is 0 Å². The minimum absolute atomic E-state index is 0.108. The second-order valence-electron chi connectivity index (χ2n) is 5.10. The first kappa shape index (κ1) is 15.2. The maximum Gasteiger partial charge on any atom is 0.283 e. The predicted octanol–water partition coefficient (Wildman–Crippen LogP) is 1.96. The summed E-state index contributed by atoms with van der Waals surface area (Å²) in [6.45, 7) is 7.15. The highest BCUT2D eigenvalue weighted by Crippen LogP contribution is 2.16. The van der Waals surface area contributed by atoms with Crippen molar-refractivity contribution >= 4 is 21.6 Å². The molecule has 0 saturated heterocycles. The van der Waals surface area contributed by atoms with Gasteiger partial charge in [0.25, 0.3) is 5.56 Å². The van der Waals surface area contributed by atoms with Crippen LogP contribution in [0.4, 0.5) is 5.69 Å². The number of nitrogens with one attached hydrogen (secondary N) is 1. The van der Waals surface area contributed by atoms with E-state index in [4.69, 9.17) is 5.73 Å². The van der Waals surface area contributed by atoms with Gasteiger partial charge < -0.3 is 11.1 Å². The molecule has 1 aromatic rings. The third-order valence-corrected chi connectivity index (χ3v) is 3.21. The zero-order valence-corrected chi connectivity index (χ0v) is 12.7. The average molecular weight is 317 g/mol. The first-order chi connectivity index (χ1) is 8.35. The lowest BCUT2D eigenvalue weighted by Gasteiger charge is -2.20. The molecule has 0 saturated carbocycles. The summed E-state index contributed by atoms with van der Waals surface area (Å²) in [6, 6.07) is 0. The van der Waals surface area contributed by atoms with Crippen molar-refractivity contribution in [1.82, 2.24) is 9.78 Å². The van der Waals surface area contributed by atoms with E-state index in [1.165, 1.54) is 4.68 Å². The predicted molar refractivity (Wildman–Crippen MR) is 77.9 cm³/mol. The van der Waals surface area contributed by atoms with Crippen molar-refractivity contribution in [3.05, 3.63) is 21.0 Å². The number of hydrogen-bond acceptors (Lipinski definition) is 4. The standard InChI is InChI=1S/C12H21BrN4O/c1-4-5-6-17-11(18)10(13)9(7-16-17)15-8-12(2,3)14/h7,15H,4-6,8,14H2,1-3H3. The van der Waals surface area contributed by atoms with Gasteiger partial charge in [-0.15, -0.1) is 0 Å². The van der Waals surface area contributed by atoms with E-state index in [0.717, 1.165) is 12.8 Å². The molecular formula is C12H21BrN4O. The van der Waals surface area contributed by atoms with Crippen LogP contribution in [0.25, 0.3) is 0 Å². The molecule has 1 aromatic heterocycles. The largest absolute Gasteiger partial charge is 0.381 e. The van der Waals surface area contributed by atoms with Crippen molar-refractivity contribution in [2.75, 3.05) is 11.9 Å². The van der Waals surface area contributed by atoms with Crippen LogP contribution in [0.3, 0.4) is 0 Å². The van der Waals surface area contributed by atoms with Gasteiger partial charge in [0.2, 0.25) is 0 Å². The van der Waals surface area contributed by atoms with Gasteiger partial charge in [0.15, 0.2) is 0 Å². The molecule has 0 aromatic carbocycles. The summed E-state index contributed by atoms with van der Waals surface area (Å²) < 4.78 is 1.99. The van der Waals surface area contributed by atoms with Gasteiger partial charge in [0.1, 0.15) is 4.47 Å². The number of aryl methyl sites for hydroxylation is 1. The molecule has 6 heteroatoms. The molecule has 0 atom stereocenters. The third-order valence-electron chi connectivity index (χ3n) is 2.44. The van der Waals surface area contributed by atoms with E-state index in [0.29, 0.717) is 23.2 Å². The van der Waals surface area contributed by atoms with Gasteiger partial charge in [-0.25, -0.2) is 4.68 Å². The minimum Gasteiger partial charge on any atom is -0.381 e. The Morgan fingerprint density at radius 2 is 2.22 bits per heavy atom. The van der Waals surface area contributed by atoms with Crippen molar-refractivity contribution in [2.24, 2.45) is 5.73 Å².